The van der Waals surface area contributed by atoms with E-state index in [1.165, 1.54) is 13.8 Å². The van der Waals surface area contributed by atoms with Crippen molar-refractivity contribution in [2.24, 2.45) is 0 Å². The lowest BCUT2D eigenvalue weighted by Gasteiger charge is -2.18. The van der Waals surface area contributed by atoms with Gasteiger partial charge in [0, 0.05) is 37.8 Å². The Morgan fingerprint density at radius 3 is 1.18 bits per heavy atom. The van der Waals surface area contributed by atoms with E-state index in [4.69, 9.17) is 0 Å². The smallest absolute Gasteiger partial charge is 0.217 e. The minimum Gasteiger partial charge on any atom is -0.349 e. The van der Waals surface area contributed by atoms with Crippen LogP contribution in [-0.2, 0) is 9.59 Å². The first-order valence-electron chi connectivity index (χ1n) is 11.1. The normalized spacial score (nSPS) is 12.3. The van der Waals surface area contributed by atoms with Gasteiger partial charge in [0.2, 0.25) is 11.8 Å². The summed E-state index contributed by atoms with van der Waals surface area (Å²) in [5, 5.41) is 5.66. The van der Waals surface area contributed by atoms with Crippen molar-refractivity contribution in [3.05, 3.63) is 107 Å². The zero-order valence-electron chi connectivity index (χ0n) is 19.3. The van der Waals surface area contributed by atoms with Gasteiger partial charge in [-0.2, -0.15) is 0 Å². The molecule has 0 saturated carbocycles. The third kappa shape index (κ3) is 6.97. The Morgan fingerprint density at radius 1 is 0.559 bits per heavy atom. The van der Waals surface area contributed by atoms with Crippen LogP contribution >= 0.6 is 0 Å². The molecule has 174 valence electrons. The third-order valence-corrected chi connectivity index (χ3v) is 5.47. The average molecular weight is 457 g/mol. The summed E-state index contributed by atoms with van der Waals surface area (Å²) in [6.45, 7) is 2.84. The molecule has 2 atom stereocenters. The highest BCUT2D eigenvalue weighted by molar-refractivity contribution is 6.00. The van der Waals surface area contributed by atoms with Crippen LogP contribution in [0.1, 0.15) is 70.6 Å². The fraction of sp³-hybridized carbons (Fsp3) is 0.214. The number of Topliss-reactive ketones (excluding diaryl/α,β-unsaturated/α-hetero) is 2. The summed E-state index contributed by atoms with van der Waals surface area (Å²) in [6, 6.07) is 24.3. The topological polar surface area (TPSA) is 92.3 Å². The van der Waals surface area contributed by atoms with Crippen molar-refractivity contribution in [2.75, 3.05) is 0 Å². The Bertz CT molecular complexity index is 1050. The molecule has 0 radical (unpaired) electrons. The van der Waals surface area contributed by atoms with Crippen LogP contribution < -0.4 is 10.6 Å². The Labute approximate surface area is 199 Å². The highest BCUT2D eigenvalue weighted by Crippen LogP contribution is 2.22. The molecule has 0 fully saturated rings. The summed E-state index contributed by atoms with van der Waals surface area (Å²) < 4.78 is 0. The molecule has 3 aromatic rings. The molecule has 0 aliphatic rings. The zero-order valence-corrected chi connectivity index (χ0v) is 19.3. The van der Waals surface area contributed by atoms with Crippen molar-refractivity contribution in [3.8, 4) is 0 Å². The molecular formula is C28H28N2O4. The van der Waals surface area contributed by atoms with Gasteiger partial charge in [-0.25, -0.2) is 0 Å². The van der Waals surface area contributed by atoms with E-state index >= 15 is 0 Å². The number of rotatable bonds is 10. The lowest BCUT2D eigenvalue weighted by atomic mass is 9.95. The molecule has 6 nitrogen and oxygen atoms in total. The molecule has 6 heteroatoms. The van der Waals surface area contributed by atoms with Crippen LogP contribution in [0, 0.1) is 0 Å². The molecule has 0 spiro atoms. The van der Waals surface area contributed by atoms with E-state index in [0.717, 1.165) is 11.1 Å². The van der Waals surface area contributed by atoms with Crippen molar-refractivity contribution >= 4 is 23.4 Å². The Hall–Kier alpha value is -4.06. The number of hydrogen-bond donors (Lipinski definition) is 2. The van der Waals surface area contributed by atoms with Gasteiger partial charge in [0.05, 0.1) is 12.1 Å². The van der Waals surface area contributed by atoms with Gasteiger partial charge >= 0.3 is 0 Å². The van der Waals surface area contributed by atoms with Gasteiger partial charge in [0.1, 0.15) is 0 Å². The van der Waals surface area contributed by atoms with Gasteiger partial charge in [0.15, 0.2) is 11.6 Å². The van der Waals surface area contributed by atoms with Gasteiger partial charge < -0.3 is 10.6 Å². The predicted molar refractivity (Wildman–Crippen MR) is 130 cm³/mol. The summed E-state index contributed by atoms with van der Waals surface area (Å²) in [5.41, 5.74) is 2.62. The highest BCUT2D eigenvalue weighted by atomic mass is 16.2. The first kappa shape index (κ1) is 24.6. The maximum atomic E-state index is 12.9. The Morgan fingerprint density at radius 2 is 0.882 bits per heavy atom. The predicted octanol–water partition coefficient (Wildman–Crippen LogP) is 4.59. The van der Waals surface area contributed by atoms with Crippen molar-refractivity contribution in [1.82, 2.24) is 10.6 Å². The van der Waals surface area contributed by atoms with Gasteiger partial charge in [-0.05, 0) is 11.1 Å². The van der Waals surface area contributed by atoms with Crippen molar-refractivity contribution in [3.63, 3.8) is 0 Å². The van der Waals surface area contributed by atoms with Crippen LogP contribution in [0.2, 0.25) is 0 Å². The highest BCUT2D eigenvalue weighted by Gasteiger charge is 2.20. The van der Waals surface area contributed by atoms with Crippen LogP contribution in [0.4, 0.5) is 0 Å². The quantitative estimate of drug-likeness (QED) is 0.437. The molecule has 3 aromatic carbocycles. The number of hydrogen-bond acceptors (Lipinski definition) is 4. The van der Waals surface area contributed by atoms with Crippen molar-refractivity contribution in [1.29, 1.82) is 0 Å². The van der Waals surface area contributed by atoms with Gasteiger partial charge in [0.25, 0.3) is 0 Å². The van der Waals surface area contributed by atoms with Crippen molar-refractivity contribution < 1.29 is 19.2 Å². The van der Waals surface area contributed by atoms with E-state index in [1.54, 1.807) is 24.3 Å². The Kier molecular flexibility index (Phi) is 8.46. The molecule has 3 rings (SSSR count). The van der Waals surface area contributed by atoms with Gasteiger partial charge in [-0.1, -0.05) is 84.9 Å². The van der Waals surface area contributed by atoms with E-state index in [9.17, 15) is 19.2 Å². The molecule has 0 heterocycles. The molecule has 2 N–H and O–H groups in total. The molecule has 34 heavy (non-hydrogen) atoms. The van der Waals surface area contributed by atoms with E-state index in [2.05, 4.69) is 10.6 Å². The zero-order chi connectivity index (χ0) is 24.5. The van der Waals surface area contributed by atoms with Crippen LogP contribution in [0.25, 0.3) is 0 Å². The second kappa shape index (κ2) is 11.7. The SMILES string of the molecule is CC(=O)NC(CC(=O)c1ccc(C(=O)CC(NC(C)=O)c2ccccc2)cc1)c1ccccc1. The largest absolute Gasteiger partial charge is 0.349 e. The number of amides is 2. The lowest BCUT2D eigenvalue weighted by molar-refractivity contribution is -0.120. The Balaban J connectivity index is 1.70. The van der Waals surface area contributed by atoms with E-state index < -0.39 is 12.1 Å². The van der Waals surface area contributed by atoms with Crippen LogP contribution in [0.3, 0.4) is 0 Å². The molecule has 0 aliphatic carbocycles. The van der Waals surface area contributed by atoms with Crippen LogP contribution in [0.5, 0.6) is 0 Å². The van der Waals surface area contributed by atoms with Crippen LogP contribution in [0.15, 0.2) is 84.9 Å². The summed E-state index contributed by atoms with van der Waals surface area (Å²) >= 11 is 0. The molecular weight excluding hydrogens is 428 g/mol. The minimum atomic E-state index is -0.434. The molecule has 0 saturated heterocycles. The van der Waals surface area contributed by atoms with E-state index in [-0.39, 0.29) is 36.2 Å². The fourth-order valence-corrected chi connectivity index (χ4v) is 3.81. The van der Waals surface area contributed by atoms with E-state index in [1.807, 2.05) is 60.7 Å². The maximum Gasteiger partial charge on any atom is 0.217 e. The summed E-state index contributed by atoms with van der Waals surface area (Å²) in [5.74, 6) is -0.700. The lowest BCUT2D eigenvalue weighted by Crippen LogP contribution is -2.28. The average Bonchev–Trinajstić information content (AvgIpc) is 2.84. The molecule has 0 aromatic heterocycles. The van der Waals surface area contributed by atoms with Gasteiger partial charge in [-0.3, -0.25) is 19.2 Å². The fourth-order valence-electron chi connectivity index (χ4n) is 3.81. The van der Waals surface area contributed by atoms with Crippen LogP contribution in [-0.4, -0.2) is 23.4 Å². The first-order chi connectivity index (χ1) is 16.3. The first-order valence-corrected chi connectivity index (χ1v) is 11.1. The van der Waals surface area contributed by atoms with Crippen molar-refractivity contribution in [2.45, 2.75) is 38.8 Å². The standard InChI is InChI=1S/C28H28N2O4/c1-19(31)29-25(21-9-5-3-6-10-21)17-27(33)23-13-15-24(16-14-23)28(34)18-26(30-20(2)32)22-11-7-4-8-12-22/h3-16,25-26H,17-18H2,1-2H3,(H,29,31)(H,30,32). The van der Waals surface area contributed by atoms with E-state index in [0.29, 0.717) is 11.1 Å². The number of nitrogens with one attached hydrogen (secondary N) is 2. The minimum absolute atomic E-state index is 0.107. The number of benzene rings is 3. The summed E-state index contributed by atoms with van der Waals surface area (Å²) in [6.07, 6.45) is 0.213. The number of carbonyl (C=O) groups excluding carboxylic acids is 4. The number of carbonyl (C=O) groups is 4. The monoisotopic (exact) mass is 456 g/mol. The summed E-state index contributed by atoms with van der Waals surface area (Å²) in [7, 11) is 0. The second-order valence-electron chi connectivity index (χ2n) is 8.16. The molecule has 2 amide bonds. The molecule has 2 unspecified atom stereocenters. The third-order valence-electron chi connectivity index (χ3n) is 5.47. The second-order valence-corrected chi connectivity index (χ2v) is 8.16. The maximum absolute atomic E-state index is 12.9. The molecule has 0 aliphatic heterocycles. The summed E-state index contributed by atoms with van der Waals surface area (Å²) in [4.78, 5) is 49.1. The molecule has 0 bridgehead atoms. The van der Waals surface area contributed by atoms with Gasteiger partial charge in [-0.15, -0.1) is 0 Å². The number of ketones is 2.